The Hall–Kier alpha value is -0.0800. The van der Waals surface area contributed by atoms with Crippen LogP contribution >= 0.6 is 0 Å². The maximum absolute atomic E-state index is 5.75. The van der Waals surface area contributed by atoms with Gasteiger partial charge in [-0.05, 0) is 32.2 Å². The average Bonchev–Trinajstić information content (AvgIpc) is 2.36. The number of likely N-dealkylation sites (tertiary alicyclic amines) is 1. The van der Waals surface area contributed by atoms with Crippen LogP contribution < -0.4 is 5.73 Å². The number of nitrogens with zero attached hydrogens (tertiary/aromatic N) is 1. The van der Waals surface area contributed by atoms with Gasteiger partial charge in [-0.1, -0.05) is 13.3 Å². The van der Waals surface area contributed by atoms with E-state index in [9.17, 15) is 0 Å². The third-order valence-corrected chi connectivity index (χ3v) is 2.61. The lowest BCUT2D eigenvalue weighted by Gasteiger charge is -2.17. The van der Waals surface area contributed by atoms with E-state index in [2.05, 4.69) is 18.7 Å². The predicted octanol–water partition coefficient (Wildman–Crippen LogP) is 1.46. The molecule has 0 amide bonds. The van der Waals surface area contributed by atoms with Gasteiger partial charge in [0.25, 0.3) is 0 Å². The van der Waals surface area contributed by atoms with Gasteiger partial charge in [0.05, 0.1) is 0 Å². The maximum Gasteiger partial charge on any atom is 0.0139 e. The number of hydrogen-bond donors (Lipinski definition) is 1. The largest absolute Gasteiger partial charge is 0.327 e. The summed E-state index contributed by atoms with van der Waals surface area (Å²) in [7, 11) is 0. The molecule has 0 aromatic carbocycles. The topological polar surface area (TPSA) is 29.3 Å². The molecule has 1 heterocycles. The highest BCUT2D eigenvalue weighted by Gasteiger charge is 2.21. The number of nitrogens with two attached hydrogens (primary N) is 1. The smallest absolute Gasteiger partial charge is 0.0139 e. The van der Waals surface area contributed by atoms with Crippen molar-refractivity contribution in [3.63, 3.8) is 0 Å². The van der Waals surface area contributed by atoms with Gasteiger partial charge in [0.2, 0.25) is 0 Å². The summed E-state index contributed by atoms with van der Waals surface area (Å²) in [4.78, 5) is 2.50. The summed E-state index contributed by atoms with van der Waals surface area (Å²) in [6.07, 6.45) is 4.12. The minimum atomic E-state index is 0.338. The molecule has 72 valence electrons. The van der Waals surface area contributed by atoms with Crippen LogP contribution in [0.15, 0.2) is 0 Å². The Kier molecular flexibility index (Phi) is 4.02. The van der Waals surface area contributed by atoms with Crippen molar-refractivity contribution in [2.45, 2.75) is 39.2 Å². The van der Waals surface area contributed by atoms with Gasteiger partial charge >= 0.3 is 0 Å². The average molecular weight is 170 g/mol. The van der Waals surface area contributed by atoms with Gasteiger partial charge in [0, 0.05) is 19.1 Å². The van der Waals surface area contributed by atoms with Crippen LogP contribution in [0.4, 0.5) is 0 Å². The Morgan fingerprint density at radius 1 is 1.58 bits per heavy atom. The van der Waals surface area contributed by atoms with Crippen molar-refractivity contribution in [2.75, 3.05) is 19.6 Å². The van der Waals surface area contributed by atoms with Crippen molar-refractivity contribution in [3.8, 4) is 0 Å². The second-order valence-electron chi connectivity index (χ2n) is 4.18. The third kappa shape index (κ3) is 3.11. The van der Waals surface area contributed by atoms with Crippen molar-refractivity contribution < 1.29 is 0 Å². The Morgan fingerprint density at radius 3 is 2.92 bits per heavy atom. The summed E-state index contributed by atoms with van der Waals surface area (Å²) in [5.74, 6) is 0.953. The molecule has 2 nitrogen and oxygen atoms in total. The molecule has 0 bridgehead atoms. The highest BCUT2D eigenvalue weighted by Crippen LogP contribution is 2.20. The van der Waals surface area contributed by atoms with E-state index in [0.29, 0.717) is 6.04 Å². The first-order valence-corrected chi connectivity index (χ1v) is 5.20. The van der Waals surface area contributed by atoms with Crippen LogP contribution in [0.2, 0.25) is 0 Å². The minimum absolute atomic E-state index is 0.338. The normalized spacial score (nSPS) is 27.8. The van der Waals surface area contributed by atoms with Gasteiger partial charge in [-0.3, -0.25) is 0 Å². The first kappa shape index (κ1) is 10.0. The van der Waals surface area contributed by atoms with E-state index in [1.165, 1.54) is 32.4 Å². The lowest BCUT2D eigenvalue weighted by Crippen LogP contribution is -2.34. The summed E-state index contributed by atoms with van der Waals surface area (Å²) in [5, 5.41) is 0. The Bertz CT molecular complexity index is 123. The molecular formula is C10H22N2. The molecule has 1 aliphatic rings. The van der Waals surface area contributed by atoms with Gasteiger partial charge in [-0.2, -0.15) is 0 Å². The molecule has 2 heteroatoms. The second kappa shape index (κ2) is 4.83. The maximum atomic E-state index is 5.75. The molecule has 0 spiro atoms. The summed E-state index contributed by atoms with van der Waals surface area (Å²) >= 11 is 0. The molecular weight excluding hydrogens is 148 g/mol. The van der Waals surface area contributed by atoms with Crippen LogP contribution in [-0.4, -0.2) is 30.6 Å². The van der Waals surface area contributed by atoms with Crippen LogP contribution in [0, 0.1) is 5.92 Å². The molecule has 2 N–H and O–H groups in total. The second-order valence-corrected chi connectivity index (χ2v) is 4.18. The van der Waals surface area contributed by atoms with Crippen molar-refractivity contribution in [2.24, 2.45) is 11.7 Å². The Balaban J connectivity index is 2.16. The highest BCUT2D eigenvalue weighted by atomic mass is 15.2. The van der Waals surface area contributed by atoms with Gasteiger partial charge in [-0.15, -0.1) is 0 Å². The molecule has 0 radical (unpaired) electrons. The van der Waals surface area contributed by atoms with Crippen LogP contribution in [0.5, 0.6) is 0 Å². The fourth-order valence-corrected chi connectivity index (χ4v) is 2.13. The van der Waals surface area contributed by atoms with Crippen molar-refractivity contribution in [3.05, 3.63) is 0 Å². The molecule has 1 rings (SSSR count). The quantitative estimate of drug-likeness (QED) is 0.692. The van der Waals surface area contributed by atoms with E-state index >= 15 is 0 Å². The minimum Gasteiger partial charge on any atom is -0.327 e. The van der Waals surface area contributed by atoms with Crippen LogP contribution in [0.1, 0.15) is 33.1 Å². The Labute approximate surface area is 76.1 Å². The monoisotopic (exact) mass is 170 g/mol. The molecule has 1 saturated heterocycles. The summed E-state index contributed by atoms with van der Waals surface area (Å²) in [6.45, 7) is 8.00. The van der Waals surface area contributed by atoms with E-state index in [-0.39, 0.29) is 0 Å². The molecule has 1 aliphatic heterocycles. The van der Waals surface area contributed by atoms with Gasteiger partial charge < -0.3 is 10.6 Å². The van der Waals surface area contributed by atoms with Crippen molar-refractivity contribution in [1.29, 1.82) is 0 Å². The first-order valence-electron chi connectivity index (χ1n) is 5.20. The molecule has 0 saturated carbocycles. The molecule has 1 unspecified atom stereocenters. The van der Waals surface area contributed by atoms with Crippen molar-refractivity contribution >= 4 is 0 Å². The van der Waals surface area contributed by atoms with E-state index in [0.717, 1.165) is 12.5 Å². The van der Waals surface area contributed by atoms with Gasteiger partial charge in [0.15, 0.2) is 0 Å². The van der Waals surface area contributed by atoms with E-state index in [4.69, 9.17) is 5.73 Å². The molecule has 0 aromatic rings. The van der Waals surface area contributed by atoms with Gasteiger partial charge in [0.1, 0.15) is 0 Å². The molecule has 0 aromatic heterocycles. The predicted molar refractivity (Wildman–Crippen MR) is 53.1 cm³/mol. The first-order chi connectivity index (χ1) is 5.72. The van der Waals surface area contributed by atoms with E-state index in [1.807, 2.05) is 0 Å². The fourth-order valence-electron chi connectivity index (χ4n) is 2.13. The molecule has 0 aliphatic carbocycles. The zero-order chi connectivity index (χ0) is 8.97. The SMILES string of the molecule is CCCC1CCN(C[C@H](C)N)C1. The van der Waals surface area contributed by atoms with Crippen LogP contribution in [0.3, 0.4) is 0 Å². The molecule has 12 heavy (non-hydrogen) atoms. The highest BCUT2D eigenvalue weighted by molar-refractivity contribution is 4.76. The zero-order valence-electron chi connectivity index (χ0n) is 8.42. The van der Waals surface area contributed by atoms with Crippen molar-refractivity contribution in [1.82, 2.24) is 4.90 Å². The lowest BCUT2D eigenvalue weighted by atomic mass is 10.0. The Morgan fingerprint density at radius 2 is 2.33 bits per heavy atom. The number of hydrogen-bond acceptors (Lipinski definition) is 2. The molecule has 1 fully saturated rings. The lowest BCUT2D eigenvalue weighted by molar-refractivity contribution is 0.305. The van der Waals surface area contributed by atoms with E-state index in [1.54, 1.807) is 0 Å². The van der Waals surface area contributed by atoms with Crippen LogP contribution in [-0.2, 0) is 0 Å². The zero-order valence-corrected chi connectivity index (χ0v) is 8.42. The third-order valence-electron chi connectivity index (χ3n) is 2.61. The fraction of sp³-hybridized carbons (Fsp3) is 1.00. The summed E-state index contributed by atoms with van der Waals surface area (Å²) in [5.41, 5.74) is 5.75. The van der Waals surface area contributed by atoms with E-state index < -0.39 is 0 Å². The summed E-state index contributed by atoms with van der Waals surface area (Å²) in [6, 6.07) is 0.338. The molecule has 2 atom stereocenters. The van der Waals surface area contributed by atoms with Gasteiger partial charge in [-0.25, -0.2) is 0 Å². The number of rotatable bonds is 4. The summed E-state index contributed by atoms with van der Waals surface area (Å²) < 4.78 is 0. The standard InChI is InChI=1S/C10H22N2/c1-3-4-10-5-6-12(8-10)7-9(2)11/h9-10H,3-8,11H2,1-2H3/t9-,10?/m0/s1. The van der Waals surface area contributed by atoms with Crippen LogP contribution in [0.25, 0.3) is 0 Å².